The summed E-state index contributed by atoms with van der Waals surface area (Å²) in [4.78, 5) is 30.4. The smallest absolute Gasteiger partial charge is 0.247 e. The molecule has 168 valence electrons. The zero-order valence-electron chi connectivity index (χ0n) is 18.7. The number of nitrogens with zero attached hydrogens (tertiary/aromatic N) is 2. The summed E-state index contributed by atoms with van der Waals surface area (Å²) in [6.07, 6.45) is 1.71. The fraction of sp³-hybridized carbons (Fsp3) is 0.286. The Morgan fingerprint density at radius 2 is 1.33 bits per heavy atom. The summed E-state index contributed by atoms with van der Waals surface area (Å²) >= 11 is 0. The van der Waals surface area contributed by atoms with Gasteiger partial charge in [0.25, 0.3) is 0 Å². The minimum absolute atomic E-state index is 0.0198. The topological polar surface area (TPSA) is 52.7 Å². The third-order valence-electron chi connectivity index (χ3n) is 7.13. The van der Waals surface area contributed by atoms with Crippen LogP contribution in [0.4, 0.5) is 5.69 Å². The maximum Gasteiger partial charge on any atom is 0.247 e. The molecule has 0 radical (unpaired) electrons. The van der Waals surface area contributed by atoms with Crippen LogP contribution >= 0.6 is 0 Å². The molecule has 0 unspecified atom stereocenters. The number of piperidine rings is 1. The Labute approximate surface area is 195 Å². The van der Waals surface area contributed by atoms with Gasteiger partial charge in [-0.2, -0.15) is 0 Å². The number of benzene rings is 3. The first-order valence-corrected chi connectivity index (χ1v) is 11.7. The van der Waals surface area contributed by atoms with Gasteiger partial charge >= 0.3 is 0 Å². The van der Waals surface area contributed by atoms with Crippen LogP contribution in [0.5, 0.6) is 0 Å². The molecule has 3 aromatic rings. The van der Waals surface area contributed by atoms with Crippen LogP contribution in [0, 0.1) is 0 Å². The summed E-state index contributed by atoms with van der Waals surface area (Å²) in [6.45, 7) is 1.69. The molecule has 1 spiro atoms. The largest absolute Gasteiger partial charge is 0.342 e. The molecule has 2 heterocycles. The van der Waals surface area contributed by atoms with Crippen molar-refractivity contribution >= 4 is 17.5 Å². The Morgan fingerprint density at radius 3 is 1.88 bits per heavy atom. The van der Waals surface area contributed by atoms with Crippen molar-refractivity contribution in [1.29, 1.82) is 0 Å². The third-order valence-corrected chi connectivity index (χ3v) is 7.13. The van der Waals surface area contributed by atoms with Gasteiger partial charge in [0.1, 0.15) is 5.54 Å². The van der Waals surface area contributed by atoms with E-state index in [2.05, 4.69) is 34.5 Å². The standard InChI is InChI=1S/C28H29N3O2/c32-26(20-25(22-10-4-1-5-11-22)23-12-6-2-7-13-23)30-18-16-28(17-19-30)27(33)29-21-31(28)24-14-8-3-9-15-24/h1-15,25H,16-21H2,(H,29,33). The van der Waals surface area contributed by atoms with Crippen molar-refractivity contribution in [3.8, 4) is 0 Å². The maximum atomic E-state index is 13.4. The lowest BCUT2D eigenvalue weighted by atomic mass is 9.84. The normalized spacial score (nSPS) is 17.4. The van der Waals surface area contributed by atoms with Crippen molar-refractivity contribution in [2.24, 2.45) is 0 Å². The van der Waals surface area contributed by atoms with Crippen LogP contribution in [0.15, 0.2) is 91.0 Å². The number of hydrogen-bond acceptors (Lipinski definition) is 3. The predicted octanol–water partition coefficient (Wildman–Crippen LogP) is 4.16. The van der Waals surface area contributed by atoms with E-state index >= 15 is 0 Å². The molecule has 0 bridgehead atoms. The van der Waals surface area contributed by atoms with Gasteiger partial charge in [0.2, 0.25) is 11.8 Å². The van der Waals surface area contributed by atoms with Crippen molar-refractivity contribution < 1.29 is 9.59 Å². The molecule has 2 aliphatic rings. The molecule has 0 aliphatic carbocycles. The predicted molar refractivity (Wildman–Crippen MR) is 130 cm³/mol. The number of amides is 2. The zero-order chi connectivity index (χ0) is 22.7. The number of carbonyl (C=O) groups excluding carboxylic acids is 2. The van der Waals surface area contributed by atoms with Gasteiger partial charge < -0.3 is 15.1 Å². The van der Waals surface area contributed by atoms with Crippen molar-refractivity contribution in [3.05, 3.63) is 102 Å². The first-order valence-electron chi connectivity index (χ1n) is 11.7. The number of anilines is 1. The summed E-state index contributed by atoms with van der Waals surface area (Å²) in [5, 5.41) is 3.03. The quantitative estimate of drug-likeness (QED) is 0.649. The minimum atomic E-state index is -0.573. The van der Waals surface area contributed by atoms with Gasteiger partial charge in [-0.15, -0.1) is 0 Å². The summed E-state index contributed by atoms with van der Waals surface area (Å²) in [6, 6.07) is 30.6. The van der Waals surface area contributed by atoms with Crippen molar-refractivity contribution in [1.82, 2.24) is 10.2 Å². The first kappa shape index (κ1) is 21.3. The molecule has 2 aliphatic heterocycles. The number of carbonyl (C=O) groups is 2. The molecule has 3 aromatic carbocycles. The molecule has 5 rings (SSSR count). The minimum Gasteiger partial charge on any atom is -0.342 e. The van der Waals surface area contributed by atoms with Crippen LogP contribution in [0.1, 0.15) is 36.3 Å². The first-order chi connectivity index (χ1) is 16.2. The maximum absolute atomic E-state index is 13.4. The van der Waals surface area contributed by atoms with E-state index in [4.69, 9.17) is 0 Å². The fourth-order valence-corrected chi connectivity index (χ4v) is 5.26. The summed E-state index contributed by atoms with van der Waals surface area (Å²) in [5.41, 5.74) is 2.77. The highest BCUT2D eigenvalue weighted by Gasteiger charge is 2.50. The van der Waals surface area contributed by atoms with E-state index in [0.29, 0.717) is 39.0 Å². The second-order valence-corrected chi connectivity index (χ2v) is 8.92. The van der Waals surface area contributed by atoms with E-state index in [9.17, 15) is 9.59 Å². The lowest BCUT2D eigenvalue weighted by Crippen LogP contribution is -2.57. The second-order valence-electron chi connectivity index (χ2n) is 8.92. The van der Waals surface area contributed by atoms with Crippen LogP contribution < -0.4 is 10.2 Å². The molecular formula is C28H29N3O2. The Kier molecular flexibility index (Phi) is 5.86. The average Bonchev–Trinajstić information content (AvgIpc) is 3.19. The van der Waals surface area contributed by atoms with Crippen LogP contribution in [0.3, 0.4) is 0 Å². The number of nitrogens with one attached hydrogen (secondary N) is 1. The molecule has 5 heteroatoms. The van der Waals surface area contributed by atoms with Crippen LogP contribution in [-0.2, 0) is 9.59 Å². The Hall–Kier alpha value is -3.60. The van der Waals surface area contributed by atoms with Gasteiger partial charge in [-0.25, -0.2) is 0 Å². The fourth-order valence-electron chi connectivity index (χ4n) is 5.26. The molecule has 2 amide bonds. The van der Waals surface area contributed by atoms with Crippen LogP contribution in [0.2, 0.25) is 0 Å². The van der Waals surface area contributed by atoms with E-state index in [-0.39, 0.29) is 17.7 Å². The van der Waals surface area contributed by atoms with Gasteiger partial charge in [-0.3, -0.25) is 9.59 Å². The van der Waals surface area contributed by atoms with Gasteiger partial charge in [0.15, 0.2) is 0 Å². The van der Waals surface area contributed by atoms with Gasteiger partial charge in [-0.05, 0) is 36.1 Å². The Bertz CT molecular complexity index is 1050. The van der Waals surface area contributed by atoms with E-state index in [0.717, 1.165) is 16.8 Å². The molecule has 0 atom stereocenters. The van der Waals surface area contributed by atoms with Gasteiger partial charge in [-0.1, -0.05) is 78.9 Å². The van der Waals surface area contributed by atoms with Crippen molar-refractivity contribution in [2.75, 3.05) is 24.7 Å². The summed E-state index contributed by atoms with van der Waals surface area (Å²) in [7, 11) is 0. The Balaban J connectivity index is 1.31. The monoisotopic (exact) mass is 439 g/mol. The van der Waals surface area contributed by atoms with Crippen molar-refractivity contribution in [3.63, 3.8) is 0 Å². The van der Waals surface area contributed by atoms with E-state index in [1.54, 1.807) is 0 Å². The molecule has 0 saturated carbocycles. The van der Waals surface area contributed by atoms with E-state index in [1.165, 1.54) is 0 Å². The molecule has 1 N–H and O–H groups in total. The molecule has 0 aromatic heterocycles. The highest BCUT2D eigenvalue weighted by molar-refractivity contribution is 5.93. The summed E-state index contributed by atoms with van der Waals surface area (Å²) in [5.74, 6) is 0.239. The number of hydrogen-bond donors (Lipinski definition) is 1. The number of para-hydroxylation sites is 1. The summed E-state index contributed by atoms with van der Waals surface area (Å²) < 4.78 is 0. The van der Waals surface area contributed by atoms with Crippen LogP contribution in [-0.4, -0.2) is 42.0 Å². The lowest BCUT2D eigenvalue weighted by molar-refractivity contribution is -0.135. The SMILES string of the molecule is O=C(CC(c1ccccc1)c1ccccc1)N1CCC2(CC1)C(=O)NCN2c1ccccc1. The highest BCUT2D eigenvalue weighted by atomic mass is 16.2. The molecule has 5 nitrogen and oxygen atoms in total. The molecule has 2 saturated heterocycles. The zero-order valence-corrected chi connectivity index (χ0v) is 18.7. The second kappa shape index (κ2) is 9.10. The van der Waals surface area contributed by atoms with Crippen molar-refractivity contribution in [2.45, 2.75) is 30.7 Å². The highest BCUT2D eigenvalue weighted by Crippen LogP contribution is 2.37. The average molecular weight is 440 g/mol. The van der Waals surface area contributed by atoms with Gasteiger partial charge in [0, 0.05) is 31.1 Å². The number of rotatable bonds is 5. The molecular weight excluding hydrogens is 410 g/mol. The van der Waals surface area contributed by atoms with Gasteiger partial charge in [0.05, 0.1) is 6.67 Å². The van der Waals surface area contributed by atoms with E-state index in [1.807, 2.05) is 71.6 Å². The lowest BCUT2D eigenvalue weighted by Gasteiger charge is -2.43. The van der Waals surface area contributed by atoms with Crippen LogP contribution in [0.25, 0.3) is 0 Å². The molecule has 2 fully saturated rings. The third kappa shape index (κ3) is 4.11. The van der Waals surface area contributed by atoms with E-state index < -0.39 is 5.54 Å². The number of likely N-dealkylation sites (tertiary alicyclic amines) is 1. The molecule has 33 heavy (non-hydrogen) atoms. The Morgan fingerprint density at radius 1 is 0.818 bits per heavy atom.